The number of carbonyl (C=O) groups excluding carboxylic acids is 1. The number of amides is 1. The minimum Gasteiger partial charge on any atom is -0.484 e. The highest BCUT2D eigenvalue weighted by atomic mass is 19.1. The van der Waals surface area contributed by atoms with Crippen molar-refractivity contribution in [2.45, 2.75) is 0 Å². The highest BCUT2D eigenvalue weighted by molar-refractivity contribution is 5.91. The average molecular weight is 355 g/mol. The molecule has 0 saturated carbocycles. The van der Waals surface area contributed by atoms with E-state index >= 15 is 0 Å². The van der Waals surface area contributed by atoms with Gasteiger partial charge >= 0.3 is 0 Å². The van der Waals surface area contributed by atoms with E-state index in [0.717, 1.165) is 12.1 Å². The largest absolute Gasteiger partial charge is 0.484 e. The zero-order valence-electron chi connectivity index (χ0n) is 13.6. The lowest BCUT2D eigenvalue weighted by atomic mass is 10.3. The van der Waals surface area contributed by atoms with Crippen molar-refractivity contribution in [1.82, 2.24) is 4.98 Å². The van der Waals surface area contributed by atoms with Crippen LogP contribution in [0.25, 0.3) is 0 Å². The summed E-state index contributed by atoms with van der Waals surface area (Å²) in [5, 5.41) is 5.38. The summed E-state index contributed by atoms with van der Waals surface area (Å²) in [5.74, 6) is -0.754. The first-order valence-electron chi connectivity index (χ1n) is 7.76. The average Bonchev–Trinajstić information content (AvgIpc) is 2.65. The van der Waals surface area contributed by atoms with Crippen LogP contribution in [0.5, 0.6) is 5.75 Å². The Hall–Kier alpha value is -3.48. The Labute approximate surface area is 148 Å². The maximum atomic E-state index is 13.6. The summed E-state index contributed by atoms with van der Waals surface area (Å²) in [6.45, 7) is -0.134. The maximum Gasteiger partial charge on any atom is 0.262 e. The quantitative estimate of drug-likeness (QED) is 0.698. The third-order valence-electron chi connectivity index (χ3n) is 3.35. The van der Waals surface area contributed by atoms with Crippen LogP contribution in [0.1, 0.15) is 0 Å². The minimum atomic E-state index is -0.720. The standard InChI is InChI=1S/C19H15F2N3O2/c20-13-6-8-17(16(21)10-13)24-18-9-7-14(11-22-18)23-19(25)12-26-15-4-2-1-3-5-15/h1-11H,12H2,(H,22,24)(H,23,25). The zero-order chi connectivity index (χ0) is 18.4. The molecule has 3 rings (SSSR count). The van der Waals surface area contributed by atoms with Crippen molar-refractivity contribution in [1.29, 1.82) is 0 Å². The molecule has 0 saturated heterocycles. The van der Waals surface area contributed by atoms with Gasteiger partial charge in [0.05, 0.1) is 17.6 Å². The lowest BCUT2D eigenvalue weighted by molar-refractivity contribution is -0.118. The number of hydrogen-bond acceptors (Lipinski definition) is 4. The van der Waals surface area contributed by atoms with Crippen molar-refractivity contribution in [3.63, 3.8) is 0 Å². The van der Waals surface area contributed by atoms with Crippen LogP contribution in [0.2, 0.25) is 0 Å². The summed E-state index contributed by atoms with van der Waals surface area (Å²) in [4.78, 5) is 16.0. The van der Waals surface area contributed by atoms with E-state index in [0.29, 0.717) is 17.3 Å². The fourth-order valence-electron chi connectivity index (χ4n) is 2.13. The normalized spacial score (nSPS) is 10.2. The van der Waals surface area contributed by atoms with E-state index in [9.17, 15) is 13.6 Å². The number of halogens is 2. The van der Waals surface area contributed by atoms with Crippen LogP contribution < -0.4 is 15.4 Å². The molecule has 0 atom stereocenters. The molecular weight excluding hydrogens is 340 g/mol. The van der Waals surface area contributed by atoms with E-state index in [-0.39, 0.29) is 18.2 Å². The second-order valence-corrected chi connectivity index (χ2v) is 5.33. The van der Waals surface area contributed by atoms with E-state index in [1.54, 1.807) is 24.3 Å². The molecule has 1 amide bonds. The molecule has 132 valence electrons. The predicted molar refractivity (Wildman–Crippen MR) is 94.4 cm³/mol. The molecule has 0 aliphatic carbocycles. The predicted octanol–water partition coefficient (Wildman–Crippen LogP) is 4.12. The Morgan fingerprint density at radius 1 is 1.04 bits per heavy atom. The summed E-state index contributed by atoms with van der Waals surface area (Å²) < 4.78 is 31.9. The molecular formula is C19H15F2N3O2. The number of anilines is 3. The molecule has 0 aliphatic rings. The van der Waals surface area contributed by atoms with Gasteiger partial charge in [0.25, 0.3) is 5.91 Å². The highest BCUT2D eigenvalue weighted by Crippen LogP contribution is 2.20. The van der Waals surface area contributed by atoms with Gasteiger partial charge < -0.3 is 15.4 Å². The van der Waals surface area contributed by atoms with Gasteiger partial charge in [-0.3, -0.25) is 4.79 Å². The van der Waals surface area contributed by atoms with Gasteiger partial charge in [-0.15, -0.1) is 0 Å². The molecule has 0 aliphatic heterocycles. The summed E-state index contributed by atoms with van der Waals surface area (Å²) in [6.07, 6.45) is 1.42. The van der Waals surface area contributed by atoms with Crippen LogP contribution in [0.4, 0.5) is 26.0 Å². The molecule has 2 N–H and O–H groups in total. The minimum absolute atomic E-state index is 0.104. The zero-order valence-corrected chi connectivity index (χ0v) is 13.6. The van der Waals surface area contributed by atoms with Gasteiger partial charge in [-0.2, -0.15) is 0 Å². The van der Waals surface area contributed by atoms with Crippen molar-refractivity contribution in [2.24, 2.45) is 0 Å². The lowest BCUT2D eigenvalue weighted by Crippen LogP contribution is -2.20. The van der Waals surface area contributed by atoms with Crippen molar-refractivity contribution < 1.29 is 18.3 Å². The van der Waals surface area contributed by atoms with Crippen molar-refractivity contribution >= 4 is 23.1 Å². The molecule has 26 heavy (non-hydrogen) atoms. The van der Waals surface area contributed by atoms with Crippen LogP contribution in [0.3, 0.4) is 0 Å². The molecule has 0 radical (unpaired) electrons. The number of aromatic nitrogens is 1. The third-order valence-corrected chi connectivity index (χ3v) is 3.35. The highest BCUT2D eigenvalue weighted by Gasteiger charge is 2.07. The molecule has 1 heterocycles. The third kappa shape index (κ3) is 4.76. The molecule has 5 nitrogen and oxygen atoms in total. The Bertz CT molecular complexity index is 887. The summed E-state index contributed by atoms with van der Waals surface area (Å²) >= 11 is 0. The van der Waals surface area contributed by atoms with Gasteiger partial charge in [-0.05, 0) is 36.4 Å². The van der Waals surface area contributed by atoms with Crippen LogP contribution in [0, 0.1) is 11.6 Å². The van der Waals surface area contributed by atoms with E-state index < -0.39 is 11.6 Å². The Kier molecular flexibility index (Phi) is 5.38. The molecule has 2 aromatic carbocycles. The molecule has 0 bridgehead atoms. The lowest BCUT2D eigenvalue weighted by Gasteiger charge is -2.09. The number of ether oxygens (including phenoxy) is 1. The smallest absolute Gasteiger partial charge is 0.262 e. The van der Waals surface area contributed by atoms with Crippen LogP contribution in [-0.4, -0.2) is 17.5 Å². The first-order chi connectivity index (χ1) is 12.6. The van der Waals surface area contributed by atoms with Crippen molar-refractivity contribution in [3.8, 4) is 5.75 Å². The Morgan fingerprint density at radius 2 is 1.85 bits per heavy atom. The van der Waals surface area contributed by atoms with Gasteiger partial charge in [0, 0.05) is 6.07 Å². The summed E-state index contributed by atoms with van der Waals surface area (Å²) in [7, 11) is 0. The summed E-state index contributed by atoms with van der Waals surface area (Å²) in [5.41, 5.74) is 0.573. The number of rotatable bonds is 6. The number of hydrogen-bond donors (Lipinski definition) is 2. The molecule has 0 unspecified atom stereocenters. The van der Waals surface area contributed by atoms with Gasteiger partial charge in [-0.25, -0.2) is 13.8 Å². The van der Waals surface area contributed by atoms with E-state index in [1.807, 2.05) is 18.2 Å². The van der Waals surface area contributed by atoms with Gasteiger partial charge in [0.2, 0.25) is 0 Å². The fraction of sp³-hybridized carbons (Fsp3) is 0.0526. The number of benzene rings is 2. The number of nitrogens with zero attached hydrogens (tertiary/aromatic N) is 1. The van der Waals surface area contributed by atoms with Crippen LogP contribution in [-0.2, 0) is 4.79 Å². The van der Waals surface area contributed by atoms with E-state index in [4.69, 9.17) is 4.74 Å². The summed E-state index contributed by atoms with van der Waals surface area (Å²) in [6, 6.07) is 15.4. The number of carbonyl (C=O) groups is 1. The Morgan fingerprint density at radius 3 is 2.54 bits per heavy atom. The van der Waals surface area contributed by atoms with Gasteiger partial charge in [0.15, 0.2) is 6.61 Å². The van der Waals surface area contributed by atoms with Crippen LogP contribution >= 0.6 is 0 Å². The SMILES string of the molecule is O=C(COc1ccccc1)Nc1ccc(Nc2ccc(F)cc2F)nc1. The van der Waals surface area contributed by atoms with Crippen molar-refractivity contribution in [3.05, 3.63) is 78.5 Å². The number of pyridine rings is 1. The first-order valence-corrected chi connectivity index (χ1v) is 7.76. The van der Waals surface area contributed by atoms with Gasteiger partial charge in [-0.1, -0.05) is 18.2 Å². The second-order valence-electron chi connectivity index (χ2n) is 5.33. The topological polar surface area (TPSA) is 63.2 Å². The fourth-order valence-corrected chi connectivity index (χ4v) is 2.13. The first kappa shape index (κ1) is 17.3. The molecule has 0 spiro atoms. The van der Waals surface area contributed by atoms with Crippen molar-refractivity contribution in [2.75, 3.05) is 17.2 Å². The van der Waals surface area contributed by atoms with Gasteiger partial charge in [0.1, 0.15) is 23.2 Å². The monoisotopic (exact) mass is 355 g/mol. The second kappa shape index (κ2) is 8.06. The van der Waals surface area contributed by atoms with E-state index in [2.05, 4.69) is 15.6 Å². The number of nitrogens with one attached hydrogen (secondary N) is 2. The number of para-hydroxylation sites is 1. The molecule has 7 heteroatoms. The molecule has 3 aromatic rings. The molecule has 1 aromatic heterocycles. The maximum absolute atomic E-state index is 13.6. The van der Waals surface area contributed by atoms with E-state index in [1.165, 1.54) is 12.3 Å². The Balaban J connectivity index is 1.54. The molecule has 0 fully saturated rings. The van der Waals surface area contributed by atoms with Crippen LogP contribution in [0.15, 0.2) is 66.9 Å².